The van der Waals surface area contributed by atoms with Crippen LogP contribution in [0.2, 0.25) is 0 Å². The van der Waals surface area contributed by atoms with Crippen molar-refractivity contribution in [1.82, 2.24) is 14.1 Å². The van der Waals surface area contributed by atoms with Gasteiger partial charge in [0.25, 0.3) is 0 Å². The first-order valence-corrected chi connectivity index (χ1v) is 13.2. The molecule has 2 aromatic rings. The van der Waals surface area contributed by atoms with E-state index in [9.17, 15) is 31.2 Å². The first-order valence-electron chi connectivity index (χ1n) is 11.8. The lowest BCUT2D eigenvalue weighted by Gasteiger charge is -2.35. The summed E-state index contributed by atoms with van der Waals surface area (Å²) >= 11 is 0. The molecule has 1 atom stereocenters. The number of sulfonamides is 1. The standard InChI is InChI=1S/C24H28F3N5O4S/c1-30-13-15-31(16-14-30)22(33)21-3-2-12-32(21)37(35,36)20-10-8-19(9-11-20)29-23(34)28-18-6-4-17(5-7-18)24(25,26)27/h4-11,21H,2-3,12-16H2,1H3,(H2,28,29,34). The van der Waals surface area contributed by atoms with E-state index in [0.717, 1.165) is 37.4 Å². The molecule has 0 aliphatic carbocycles. The van der Waals surface area contributed by atoms with Crippen LogP contribution in [0.25, 0.3) is 0 Å². The number of likely N-dealkylation sites (N-methyl/N-ethyl adjacent to an activating group) is 1. The number of alkyl halides is 3. The highest BCUT2D eigenvalue weighted by molar-refractivity contribution is 7.89. The van der Waals surface area contributed by atoms with Crippen molar-refractivity contribution in [1.29, 1.82) is 0 Å². The Morgan fingerprint density at radius 2 is 1.41 bits per heavy atom. The number of nitrogens with one attached hydrogen (secondary N) is 2. The second-order valence-electron chi connectivity index (χ2n) is 9.08. The fourth-order valence-electron chi connectivity index (χ4n) is 4.39. The minimum absolute atomic E-state index is 0.000671. The molecule has 2 aromatic carbocycles. The number of piperazine rings is 1. The van der Waals surface area contributed by atoms with E-state index in [0.29, 0.717) is 25.9 Å². The zero-order chi connectivity index (χ0) is 26.8. The number of carbonyl (C=O) groups is 2. The maximum absolute atomic E-state index is 13.3. The Morgan fingerprint density at radius 1 is 0.865 bits per heavy atom. The lowest BCUT2D eigenvalue weighted by molar-refractivity contribution is -0.137. The average Bonchev–Trinajstić information content (AvgIpc) is 3.35. The Labute approximate surface area is 213 Å². The number of benzene rings is 2. The fraction of sp³-hybridized carbons (Fsp3) is 0.417. The van der Waals surface area contributed by atoms with Gasteiger partial charge < -0.3 is 20.4 Å². The van der Waals surface area contributed by atoms with Crippen molar-refractivity contribution in [2.24, 2.45) is 0 Å². The molecule has 2 aliphatic heterocycles. The van der Waals surface area contributed by atoms with E-state index in [1.165, 1.54) is 28.6 Å². The molecule has 0 bridgehead atoms. The summed E-state index contributed by atoms with van der Waals surface area (Å²) in [4.78, 5) is 29.1. The molecule has 2 fully saturated rings. The summed E-state index contributed by atoms with van der Waals surface area (Å²) in [5, 5.41) is 4.93. The van der Waals surface area contributed by atoms with Crippen molar-refractivity contribution < 1.29 is 31.2 Å². The summed E-state index contributed by atoms with van der Waals surface area (Å²) in [6.45, 7) is 2.86. The third-order valence-corrected chi connectivity index (χ3v) is 8.41. The molecule has 13 heteroatoms. The van der Waals surface area contributed by atoms with Crippen LogP contribution in [0.1, 0.15) is 18.4 Å². The molecule has 2 heterocycles. The molecule has 0 spiro atoms. The van der Waals surface area contributed by atoms with Crippen LogP contribution in [0.15, 0.2) is 53.4 Å². The summed E-state index contributed by atoms with van der Waals surface area (Å²) in [5.74, 6) is -0.174. The van der Waals surface area contributed by atoms with Crippen LogP contribution in [-0.2, 0) is 21.0 Å². The second-order valence-corrected chi connectivity index (χ2v) is 11.0. The SMILES string of the molecule is CN1CCN(C(=O)C2CCCN2S(=O)(=O)c2ccc(NC(=O)Nc3ccc(C(F)(F)F)cc3)cc2)CC1. The van der Waals surface area contributed by atoms with Crippen molar-refractivity contribution in [2.45, 2.75) is 30.0 Å². The van der Waals surface area contributed by atoms with Gasteiger partial charge in [0.05, 0.1) is 10.5 Å². The Bertz CT molecular complexity index is 1230. The van der Waals surface area contributed by atoms with Gasteiger partial charge >= 0.3 is 12.2 Å². The first-order chi connectivity index (χ1) is 17.4. The molecule has 200 valence electrons. The zero-order valence-corrected chi connectivity index (χ0v) is 21.0. The molecule has 2 aliphatic rings. The highest BCUT2D eigenvalue weighted by atomic mass is 32.2. The van der Waals surface area contributed by atoms with E-state index < -0.39 is 33.8 Å². The molecular formula is C24H28F3N5O4S. The van der Waals surface area contributed by atoms with Gasteiger partial charge in [0.15, 0.2) is 0 Å². The Hall–Kier alpha value is -3.16. The van der Waals surface area contributed by atoms with Crippen LogP contribution in [0, 0.1) is 0 Å². The first kappa shape index (κ1) is 26.9. The average molecular weight is 540 g/mol. The molecule has 2 saturated heterocycles. The number of hydrogen-bond donors (Lipinski definition) is 2. The van der Waals surface area contributed by atoms with Crippen molar-refractivity contribution in [3.05, 3.63) is 54.1 Å². The summed E-state index contributed by atoms with van der Waals surface area (Å²) in [6.07, 6.45) is -3.42. The maximum Gasteiger partial charge on any atom is 0.416 e. The zero-order valence-electron chi connectivity index (χ0n) is 20.2. The monoisotopic (exact) mass is 539 g/mol. The number of carbonyl (C=O) groups excluding carboxylic acids is 2. The van der Waals surface area contributed by atoms with Crippen molar-refractivity contribution in [3.63, 3.8) is 0 Å². The van der Waals surface area contributed by atoms with Gasteiger partial charge in [0.2, 0.25) is 15.9 Å². The molecule has 0 saturated carbocycles. The summed E-state index contributed by atoms with van der Waals surface area (Å²) in [7, 11) is -1.96. The quantitative estimate of drug-likeness (QED) is 0.608. The van der Waals surface area contributed by atoms with Crippen molar-refractivity contribution in [2.75, 3.05) is 50.4 Å². The maximum atomic E-state index is 13.3. The highest BCUT2D eigenvalue weighted by Crippen LogP contribution is 2.30. The number of amides is 3. The van der Waals surface area contributed by atoms with E-state index in [-0.39, 0.29) is 28.7 Å². The van der Waals surface area contributed by atoms with Gasteiger partial charge in [-0.05, 0) is 68.4 Å². The third-order valence-electron chi connectivity index (χ3n) is 6.49. The van der Waals surface area contributed by atoms with Crippen LogP contribution in [0.5, 0.6) is 0 Å². The number of nitrogens with zero attached hydrogens (tertiary/aromatic N) is 3. The predicted octanol–water partition coefficient (Wildman–Crippen LogP) is 3.28. The van der Waals surface area contributed by atoms with Gasteiger partial charge in [-0.15, -0.1) is 0 Å². The summed E-state index contributed by atoms with van der Waals surface area (Å²) in [6, 6.07) is 8.05. The fourth-order valence-corrected chi connectivity index (χ4v) is 6.04. The van der Waals surface area contributed by atoms with Gasteiger partial charge in [0.1, 0.15) is 6.04 Å². The minimum atomic E-state index is -4.48. The van der Waals surface area contributed by atoms with Gasteiger partial charge in [-0.3, -0.25) is 4.79 Å². The molecule has 2 N–H and O–H groups in total. The van der Waals surface area contributed by atoms with Crippen molar-refractivity contribution >= 4 is 33.3 Å². The second kappa shape index (κ2) is 10.7. The molecule has 3 amide bonds. The van der Waals surface area contributed by atoms with Crippen LogP contribution >= 0.6 is 0 Å². The Balaban J connectivity index is 1.38. The van der Waals surface area contributed by atoms with Gasteiger partial charge in [-0.1, -0.05) is 0 Å². The molecule has 9 nitrogen and oxygen atoms in total. The number of anilines is 2. The number of rotatable bonds is 5. The van der Waals surface area contributed by atoms with E-state index >= 15 is 0 Å². The lowest BCUT2D eigenvalue weighted by atomic mass is 10.2. The number of halogens is 3. The molecule has 0 aromatic heterocycles. The number of hydrogen-bond acceptors (Lipinski definition) is 5. The minimum Gasteiger partial charge on any atom is -0.339 e. The van der Waals surface area contributed by atoms with Gasteiger partial charge in [0, 0.05) is 44.1 Å². The molecule has 0 radical (unpaired) electrons. The van der Waals surface area contributed by atoms with Crippen molar-refractivity contribution in [3.8, 4) is 0 Å². The van der Waals surface area contributed by atoms with Crippen LogP contribution in [0.4, 0.5) is 29.3 Å². The summed E-state index contributed by atoms with van der Waals surface area (Å²) in [5.41, 5.74) is -0.384. The van der Waals surface area contributed by atoms with Crippen LogP contribution < -0.4 is 10.6 Å². The lowest BCUT2D eigenvalue weighted by Crippen LogP contribution is -2.53. The van der Waals surface area contributed by atoms with E-state index in [4.69, 9.17) is 0 Å². The Morgan fingerprint density at radius 3 is 1.95 bits per heavy atom. The van der Waals surface area contributed by atoms with Gasteiger partial charge in [-0.25, -0.2) is 13.2 Å². The molecular weight excluding hydrogens is 511 g/mol. The van der Waals surface area contributed by atoms with Gasteiger partial charge in [-0.2, -0.15) is 17.5 Å². The molecule has 37 heavy (non-hydrogen) atoms. The third kappa shape index (κ3) is 6.22. The Kier molecular flexibility index (Phi) is 7.76. The van der Waals surface area contributed by atoms with Crippen LogP contribution in [-0.4, -0.2) is 80.3 Å². The molecule has 4 rings (SSSR count). The van der Waals surface area contributed by atoms with E-state index in [1.807, 2.05) is 7.05 Å². The van der Waals surface area contributed by atoms with E-state index in [2.05, 4.69) is 15.5 Å². The predicted molar refractivity (Wildman–Crippen MR) is 132 cm³/mol. The highest BCUT2D eigenvalue weighted by Gasteiger charge is 2.41. The number of urea groups is 1. The van der Waals surface area contributed by atoms with Crippen LogP contribution in [0.3, 0.4) is 0 Å². The largest absolute Gasteiger partial charge is 0.416 e. The summed E-state index contributed by atoms with van der Waals surface area (Å²) < 4.78 is 65.9. The topological polar surface area (TPSA) is 102 Å². The normalized spacial score (nSPS) is 19.6. The van der Waals surface area contributed by atoms with E-state index in [1.54, 1.807) is 4.90 Å². The molecule has 1 unspecified atom stereocenters. The smallest absolute Gasteiger partial charge is 0.339 e.